The fraction of sp³-hybridized carbons (Fsp3) is 0.909. The Morgan fingerprint density at radius 1 is 0.298 bits per heavy atom. The first kappa shape index (κ1) is 92.1. The number of nitrogens with one attached hydrogen (secondary N) is 1. The zero-order chi connectivity index (χ0) is 67.7. The maximum atomic E-state index is 12.6. The molecular weight excluding hydrogens is 1150 g/mol. The second kappa shape index (κ2) is 83.5. The van der Waals surface area contributed by atoms with Crippen LogP contribution in [-0.2, 0) is 14.3 Å². The molecule has 0 aromatic rings. The van der Waals surface area contributed by atoms with E-state index in [1.54, 1.807) is 0 Å². The average molecular weight is 1320 g/mol. The molecule has 1 amide bonds. The summed E-state index contributed by atoms with van der Waals surface area (Å²) in [5.41, 5.74) is 0. The van der Waals surface area contributed by atoms with Crippen molar-refractivity contribution in [3.8, 4) is 0 Å². The fourth-order valence-electron chi connectivity index (χ4n) is 13.8. The first-order chi connectivity index (χ1) is 46.5. The third-order valence-electron chi connectivity index (χ3n) is 20.4. The van der Waals surface area contributed by atoms with Gasteiger partial charge in [0.2, 0.25) is 5.91 Å². The van der Waals surface area contributed by atoms with E-state index in [-0.39, 0.29) is 18.5 Å². The number of aliphatic hydroxyl groups excluding tert-OH is 2. The molecule has 556 valence electrons. The Labute approximate surface area is 589 Å². The van der Waals surface area contributed by atoms with Gasteiger partial charge in [-0.25, -0.2) is 0 Å². The summed E-state index contributed by atoms with van der Waals surface area (Å²) < 4.78 is 5.52. The molecule has 0 aromatic carbocycles. The van der Waals surface area contributed by atoms with Crippen LogP contribution in [0.2, 0.25) is 0 Å². The lowest BCUT2D eigenvalue weighted by Crippen LogP contribution is -2.45. The standard InChI is InChI=1S/C88H169NO5/c1-3-5-7-9-11-13-15-17-19-21-23-41-45-48-52-56-60-64-68-72-76-80-86(91)85(84-90)89-87(92)81-77-73-69-65-61-57-53-49-46-42-39-37-35-33-31-29-27-25-24-26-28-30-32-34-36-38-40-43-47-51-55-59-63-67-71-75-79-83-94-88(93)82-78-74-70-66-62-58-54-50-44-22-20-18-16-14-12-10-8-6-4-2/h12,14,18,20,24,26,85-86,90-91H,3-11,13,15-17,19,21-23,25,27-84H2,1-2H3,(H,89,92)/b14-12-,20-18-,26-24-. The molecule has 0 aromatic heterocycles. The van der Waals surface area contributed by atoms with Crippen molar-refractivity contribution >= 4 is 11.9 Å². The molecule has 0 saturated heterocycles. The first-order valence-corrected chi connectivity index (χ1v) is 43.2. The first-order valence-electron chi connectivity index (χ1n) is 43.2. The number of unbranched alkanes of at least 4 members (excludes halogenated alkanes) is 65. The molecule has 2 atom stereocenters. The number of hydrogen-bond acceptors (Lipinski definition) is 5. The van der Waals surface area contributed by atoms with Gasteiger partial charge >= 0.3 is 5.97 Å². The maximum absolute atomic E-state index is 12.6. The van der Waals surface area contributed by atoms with Crippen LogP contribution in [0.4, 0.5) is 0 Å². The van der Waals surface area contributed by atoms with Crippen molar-refractivity contribution in [3.05, 3.63) is 36.5 Å². The van der Waals surface area contributed by atoms with Crippen LogP contribution in [0.1, 0.15) is 489 Å². The summed E-state index contributed by atoms with van der Waals surface area (Å²) in [6.07, 6.45) is 110. The van der Waals surface area contributed by atoms with E-state index in [1.165, 1.54) is 411 Å². The van der Waals surface area contributed by atoms with Crippen molar-refractivity contribution in [3.63, 3.8) is 0 Å². The van der Waals surface area contributed by atoms with Gasteiger partial charge in [0.15, 0.2) is 0 Å². The van der Waals surface area contributed by atoms with Crippen LogP contribution >= 0.6 is 0 Å². The number of rotatable bonds is 82. The molecule has 6 nitrogen and oxygen atoms in total. The van der Waals surface area contributed by atoms with Gasteiger partial charge in [-0.15, -0.1) is 0 Å². The molecule has 0 aliphatic rings. The Morgan fingerprint density at radius 3 is 0.840 bits per heavy atom. The number of aliphatic hydroxyl groups is 2. The SMILES string of the molecule is CCCCC/C=C\C/C=C\CCCCCCCCCCCC(=O)OCCCCCCCCCCCCCCCCCC/C=C\CCCCCCCCCCCCCCCCCCCC(=O)NC(CO)C(O)CCCCCCCCCCCCCCCCCCCCCCC. The van der Waals surface area contributed by atoms with Gasteiger partial charge in [-0.05, 0) is 83.5 Å². The highest BCUT2D eigenvalue weighted by Gasteiger charge is 2.20. The minimum absolute atomic E-state index is 0.0186. The molecule has 0 fully saturated rings. The molecule has 0 aliphatic heterocycles. The lowest BCUT2D eigenvalue weighted by atomic mass is 10.0. The third kappa shape index (κ3) is 79.1. The van der Waals surface area contributed by atoms with Crippen LogP contribution in [0.25, 0.3) is 0 Å². The quantitative estimate of drug-likeness (QED) is 0.0320. The van der Waals surface area contributed by atoms with Gasteiger partial charge in [0.25, 0.3) is 0 Å². The van der Waals surface area contributed by atoms with E-state index in [0.717, 1.165) is 44.9 Å². The van der Waals surface area contributed by atoms with Crippen molar-refractivity contribution in [2.75, 3.05) is 13.2 Å². The lowest BCUT2D eigenvalue weighted by molar-refractivity contribution is -0.143. The molecule has 0 aliphatic carbocycles. The smallest absolute Gasteiger partial charge is 0.305 e. The van der Waals surface area contributed by atoms with Gasteiger partial charge in [-0.2, -0.15) is 0 Å². The summed E-state index contributed by atoms with van der Waals surface area (Å²) in [6.45, 7) is 4.98. The summed E-state index contributed by atoms with van der Waals surface area (Å²) in [6, 6.07) is -0.540. The van der Waals surface area contributed by atoms with Crippen LogP contribution in [0.3, 0.4) is 0 Å². The number of carbonyl (C=O) groups excluding carboxylic acids is 2. The Balaban J connectivity index is 3.33. The van der Waals surface area contributed by atoms with Crippen LogP contribution in [0.15, 0.2) is 36.5 Å². The summed E-state index contributed by atoms with van der Waals surface area (Å²) in [4.78, 5) is 24.7. The molecule has 0 saturated carbocycles. The summed E-state index contributed by atoms with van der Waals surface area (Å²) in [5.74, 6) is -0.00687. The zero-order valence-electron chi connectivity index (χ0n) is 64.0. The number of ether oxygens (including phenoxy) is 1. The van der Waals surface area contributed by atoms with Crippen molar-refractivity contribution in [1.29, 1.82) is 0 Å². The van der Waals surface area contributed by atoms with Crippen LogP contribution < -0.4 is 5.32 Å². The number of carbonyl (C=O) groups is 2. The predicted octanol–water partition coefficient (Wildman–Crippen LogP) is 28.9. The molecule has 0 heterocycles. The molecule has 0 bridgehead atoms. The summed E-state index contributed by atoms with van der Waals surface area (Å²) in [5, 5.41) is 23.5. The number of amides is 1. The van der Waals surface area contributed by atoms with Crippen molar-refractivity contribution in [2.24, 2.45) is 0 Å². The predicted molar refractivity (Wildman–Crippen MR) is 416 cm³/mol. The minimum atomic E-state index is -0.663. The number of hydrogen-bond donors (Lipinski definition) is 3. The van der Waals surface area contributed by atoms with E-state index in [2.05, 4.69) is 55.6 Å². The van der Waals surface area contributed by atoms with Gasteiger partial charge in [-0.1, -0.05) is 429 Å². The largest absolute Gasteiger partial charge is 0.466 e. The summed E-state index contributed by atoms with van der Waals surface area (Å²) >= 11 is 0. The van der Waals surface area contributed by atoms with E-state index in [1.807, 2.05) is 0 Å². The number of allylic oxidation sites excluding steroid dienone is 6. The molecule has 0 spiro atoms. The second-order valence-electron chi connectivity index (χ2n) is 29.9. The van der Waals surface area contributed by atoms with E-state index < -0.39 is 12.1 Å². The Kier molecular flexibility index (Phi) is 81.8. The molecule has 0 rings (SSSR count). The van der Waals surface area contributed by atoms with Gasteiger partial charge in [0, 0.05) is 12.8 Å². The zero-order valence-corrected chi connectivity index (χ0v) is 64.0. The van der Waals surface area contributed by atoms with Crippen molar-refractivity contribution in [1.82, 2.24) is 5.32 Å². The van der Waals surface area contributed by atoms with E-state index in [0.29, 0.717) is 25.9 Å². The Hall–Kier alpha value is -1.92. The van der Waals surface area contributed by atoms with Crippen molar-refractivity contribution in [2.45, 2.75) is 501 Å². The van der Waals surface area contributed by atoms with Gasteiger partial charge in [0.1, 0.15) is 0 Å². The summed E-state index contributed by atoms with van der Waals surface area (Å²) in [7, 11) is 0. The Bertz CT molecular complexity index is 1520. The molecule has 2 unspecified atom stereocenters. The monoisotopic (exact) mass is 1320 g/mol. The van der Waals surface area contributed by atoms with Gasteiger partial charge < -0.3 is 20.3 Å². The van der Waals surface area contributed by atoms with E-state index >= 15 is 0 Å². The highest BCUT2D eigenvalue weighted by atomic mass is 16.5. The van der Waals surface area contributed by atoms with Crippen LogP contribution in [0, 0.1) is 0 Å². The lowest BCUT2D eigenvalue weighted by Gasteiger charge is -2.22. The van der Waals surface area contributed by atoms with E-state index in [9.17, 15) is 19.8 Å². The normalized spacial score (nSPS) is 12.6. The minimum Gasteiger partial charge on any atom is -0.466 e. The topological polar surface area (TPSA) is 95.9 Å². The Morgan fingerprint density at radius 2 is 0.532 bits per heavy atom. The third-order valence-corrected chi connectivity index (χ3v) is 20.4. The average Bonchev–Trinajstić information content (AvgIpc) is 3.66. The van der Waals surface area contributed by atoms with Crippen LogP contribution in [-0.4, -0.2) is 47.4 Å². The second-order valence-corrected chi connectivity index (χ2v) is 29.9. The highest BCUT2D eigenvalue weighted by molar-refractivity contribution is 5.76. The molecule has 6 heteroatoms. The number of esters is 1. The van der Waals surface area contributed by atoms with Crippen LogP contribution in [0.5, 0.6) is 0 Å². The van der Waals surface area contributed by atoms with Gasteiger partial charge in [-0.3, -0.25) is 9.59 Å². The fourth-order valence-corrected chi connectivity index (χ4v) is 13.8. The molecule has 3 N–H and O–H groups in total. The maximum Gasteiger partial charge on any atom is 0.305 e. The van der Waals surface area contributed by atoms with Crippen molar-refractivity contribution < 1.29 is 24.5 Å². The molecule has 0 radical (unpaired) electrons. The molecular formula is C88H169NO5. The highest BCUT2D eigenvalue weighted by Crippen LogP contribution is 2.21. The molecule has 94 heavy (non-hydrogen) atoms. The van der Waals surface area contributed by atoms with Gasteiger partial charge in [0.05, 0.1) is 25.4 Å². The van der Waals surface area contributed by atoms with E-state index in [4.69, 9.17) is 4.74 Å².